The first-order valence-electron chi connectivity index (χ1n) is 7.93. The molecule has 0 aliphatic heterocycles. The van der Waals surface area contributed by atoms with Gasteiger partial charge in [-0.3, -0.25) is 9.59 Å². The lowest BCUT2D eigenvalue weighted by Gasteiger charge is -2.23. The molecular weight excluding hydrogens is 294 g/mol. The van der Waals surface area contributed by atoms with Gasteiger partial charge in [0.25, 0.3) is 11.5 Å². The van der Waals surface area contributed by atoms with Crippen LogP contribution >= 0.6 is 0 Å². The van der Waals surface area contributed by atoms with E-state index in [1.165, 1.54) is 12.5 Å². The standard InChI is InChI=1S/C16H17N5O2/c22-13-6-12(20-15(21-13)10-4-5-10)16(23)19-11-7-17-14(18-8-11)9-2-1-3-9/h6-10H,1-5H2,(H,19,23)(H,20,21,22). The zero-order valence-electron chi connectivity index (χ0n) is 12.6. The summed E-state index contributed by atoms with van der Waals surface area (Å²) in [5.74, 6) is 1.74. The van der Waals surface area contributed by atoms with Crippen LogP contribution in [0.5, 0.6) is 0 Å². The third kappa shape index (κ3) is 2.99. The Morgan fingerprint density at radius 2 is 1.87 bits per heavy atom. The van der Waals surface area contributed by atoms with E-state index in [-0.39, 0.29) is 17.2 Å². The Hall–Kier alpha value is -2.57. The van der Waals surface area contributed by atoms with Crippen molar-refractivity contribution in [1.29, 1.82) is 0 Å². The van der Waals surface area contributed by atoms with Gasteiger partial charge in [0.1, 0.15) is 17.3 Å². The second-order valence-corrected chi connectivity index (χ2v) is 6.20. The first kappa shape index (κ1) is 14.0. The van der Waals surface area contributed by atoms with Crippen LogP contribution < -0.4 is 10.9 Å². The molecule has 4 rings (SSSR count). The lowest BCUT2D eigenvalue weighted by molar-refractivity contribution is 0.102. The summed E-state index contributed by atoms with van der Waals surface area (Å²) in [7, 11) is 0. The van der Waals surface area contributed by atoms with Crippen LogP contribution in [0.4, 0.5) is 5.69 Å². The molecule has 0 unspecified atom stereocenters. The maximum atomic E-state index is 12.3. The summed E-state index contributed by atoms with van der Waals surface area (Å²) in [6.07, 6.45) is 8.71. The number of carbonyl (C=O) groups excluding carboxylic acids is 1. The molecule has 0 radical (unpaired) electrons. The van der Waals surface area contributed by atoms with Crippen molar-refractivity contribution in [3.05, 3.63) is 46.2 Å². The summed E-state index contributed by atoms with van der Waals surface area (Å²) in [5, 5.41) is 2.69. The Balaban J connectivity index is 1.49. The van der Waals surface area contributed by atoms with E-state index < -0.39 is 5.91 Å². The van der Waals surface area contributed by atoms with Crippen LogP contribution in [0.3, 0.4) is 0 Å². The molecule has 1 amide bonds. The Kier molecular flexibility index (Phi) is 3.40. The highest BCUT2D eigenvalue weighted by atomic mass is 16.2. The SMILES string of the molecule is O=C(Nc1cnc(C2CCC2)nc1)c1cc(=O)[nH]c(C2CC2)n1. The monoisotopic (exact) mass is 311 g/mol. The van der Waals surface area contributed by atoms with Gasteiger partial charge in [-0.05, 0) is 25.7 Å². The van der Waals surface area contributed by atoms with E-state index in [0.717, 1.165) is 31.5 Å². The number of rotatable bonds is 4. The van der Waals surface area contributed by atoms with Crippen LogP contribution in [0, 0.1) is 0 Å². The number of aromatic nitrogens is 4. The van der Waals surface area contributed by atoms with Gasteiger partial charge in [-0.1, -0.05) is 6.42 Å². The lowest BCUT2D eigenvalue weighted by Crippen LogP contribution is -2.20. The first-order valence-corrected chi connectivity index (χ1v) is 7.93. The van der Waals surface area contributed by atoms with Gasteiger partial charge in [0.15, 0.2) is 0 Å². The lowest BCUT2D eigenvalue weighted by atomic mass is 9.85. The van der Waals surface area contributed by atoms with Crippen molar-refractivity contribution in [2.24, 2.45) is 0 Å². The van der Waals surface area contributed by atoms with E-state index >= 15 is 0 Å². The third-order valence-electron chi connectivity index (χ3n) is 4.36. The molecule has 2 aliphatic carbocycles. The molecule has 2 heterocycles. The fourth-order valence-corrected chi connectivity index (χ4v) is 2.62. The topological polar surface area (TPSA) is 101 Å². The molecule has 0 spiro atoms. The molecular formula is C16H17N5O2. The summed E-state index contributed by atoms with van der Waals surface area (Å²) in [5.41, 5.74) is 0.329. The van der Waals surface area contributed by atoms with Gasteiger partial charge >= 0.3 is 0 Å². The fourth-order valence-electron chi connectivity index (χ4n) is 2.62. The van der Waals surface area contributed by atoms with Crippen LogP contribution in [-0.2, 0) is 0 Å². The van der Waals surface area contributed by atoms with Gasteiger partial charge in [-0.2, -0.15) is 0 Å². The molecule has 7 heteroatoms. The summed E-state index contributed by atoms with van der Waals surface area (Å²) in [4.78, 5) is 39.5. The molecule has 2 aromatic rings. The molecule has 0 bridgehead atoms. The highest BCUT2D eigenvalue weighted by Crippen LogP contribution is 2.37. The molecule has 0 aromatic carbocycles. The largest absolute Gasteiger partial charge is 0.318 e. The first-order chi connectivity index (χ1) is 11.2. The third-order valence-corrected chi connectivity index (χ3v) is 4.36. The van der Waals surface area contributed by atoms with Gasteiger partial charge in [-0.25, -0.2) is 15.0 Å². The van der Waals surface area contributed by atoms with E-state index in [1.807, 2.05) is 0 Å². The van der Waals surface area contributed by atoms with E-state index in [0.29, 0.717) is 17.4 Å². The number of nitrogens with zero attached hydrogens (tertiary/aromatic N) is 3. The molecule has 2 aliphatic rings. The Morgan fingerprint density at radius 1 is 1.13 bits per heavy atom. The molecule has 2 saturated carbocycles. The second kappa shape index (κ2) is 5.57. The van der Waals surface area contributed by atoms with Crippen molar-refractivity contribution in [2.75, 3.05) is 5.32 Å². The average molecular weight is 311 g/mol. The maximum absolute atomic E-state index is 12.3. The van der Waals surface area contributed by atoms with E-state index in [1.54, 1.807) is 12.4 Å². The van der Waals surface area contributed by atoms with Crippen LogP contribution in [0.2, 0.25) is 0 Å². The number of hydrogen-bond acceptors (Lipinski definition) is 5. The normalized spacial score (nSPS) is 17.6. The maximum Gasteiger partial charge on any atom is 0.274 e. The second-order valence-electron chi connectivity index (χ2n) is 6.20. The predicted octanol–water partition coefficient (Wildman–Crippen LogP) is 1.96. The summed E-state index contributed by atoms with van der Waals surface area (Å²) < 4.78 is 0. The number of anilines is 1. The fraction of sp³-hybridized carbons (Fsp3) is 0.438. The number of H-pyrrole nitrogens is 1. The van der Waals surface area contributed by atoms with E-state index in [9.17, 15) is 9.59 Å². The average Bonchev–Trinajstić information content (AvgIpc) is 3.31. The Morgan fingerprint density at radius 3 is 2.48 bits per heavy atom. The highest BCUT2D eigenvalue weighted by Gasteiger charge is 2.27. The minimum atomic E-state index is -0.419. The predicted molar refractivity (Wildman–Crippen MR) is 83.4 cm³/mol. The zero-order chi connectivity index (χ0) is 15.8. The minimum Gasteiger partial charge on any atom is -0.318 e. The van der Waals surface area contributed by atoms with Crippen molar-refractivity contribution >= 4 is 11.6 Å². The number of carbonyl (C=O) groups is 1. The van der Waals surface area contributed by atoms with Crippen molar-refractivity contribution < 1.29 is 4.79 Å². The Labute approximate surface area is 132 Å². The number of nitrogens with one attached hydrogen (secondary N) is 2. The van der Waals surface area contributed by atoms with E-state index in [2.05, 4.69) is 25.3 Å². The van der Waals surface area contributed by atoms with Crippen LogP contribution in [0.25, 0.3) is 0 Å². The van der Waals surface area contributed by atoms with E-state index in [4.69, 9.17) is 0 Å². The summed E-state index contributed by atoms with van der Waals surface area (Å²) >= 11 is 0. The summed E-state index contributed by atoms with van der Waals surface area (Å²) in [6, 6.07) is 1.21. The van der Waals surface area contributed by atoms with Gasteiger partial charge in [0, 0.05) is 17.9 Å². The Bertz CT molecular complexity index is 791. The smallest absolute Gasteiger partial charge is 0.274 e. The zero-order valence-corrected chi connectivity index (χ0v) is 12.6. The van der Waals surface area contributed by atoms with Crippen molar-refractivity contribution in [1.82, 2.24) is 19.9 Å². The molecule has 118 valence electrons. The molecule has 23 heavy (non-hydrogen) atoms. The molecule has 2 fully saturated rings. The van der Waals surface area contributed by atoms with Gasteiger partial charge in [-0.15, -0.1) is 0 Å². The molecule has 7 nitrogen and oxygen atoms in total. The van der Waals surface area contributed by atoms with Gasteiger partial charge < -0.3 is 10.3 Å². The van der Waals surface area contributed by atoms with Crippen molar-refractivity contribution in [3.8, 4) is 0 Å². The molecule has 0 atom stereocenters. The molecule has 0 saturated heterocycles. The van der Waals surface area contributed by atoms with Crippen LogP contribution in [0.15, 0.2) is 23.3 Å². The number of aromatic amines is 1. The molecule has 2 N–H and O–H groups in total. The van der Waals surface area contributed by atoms with Gasteiger partial charge in [0.05, 0.1) is 18.1 Å². The highest BCUT2D eigenvalue weighted by molar-refractivity contribution is 6.02. The van der Waals surface area contributed by atoms with Crippen LogP contribution in [-0.4, -0.2) is 25.8 Å². The molecule has 2 aromatic heterocycles. The quantitative estimate of drug-likeness (QED) is 0.899. The number of hydrogen-bond donors (Lipinski definition) is 2. The van der Waals surface area contributed by atoms with Crippen molar-refractivity contribution in [3.63, 3.8) is 0 Å². The minimum absolute atomic E-state index is 0.124. The van der Waals surface area contributed by atoms with Gasteiger partial charge in [0.2, 0.25) is 0 Å². The van der Waals surface area contributed by atoms with Crippen molar-refractivity contribution in [2.45, 2.75) is 43.9 Å². The number of amides is 1. The summed E-state index contributed by atoms with van der Waals surface area (Å²) in [6.45, 7) is 0. The van der Waals surface area contributed by atoms with Crippen LogP contribution in [0.1, 0.15) is 66.1 Å².